The van der Waals surface area contributed by atoms with Gasteiger partial charge in [0.05, 0.1) is 13.2 Å². The van der Waals surface area contributed by atoms with Crippen LogP contribution in [0.25, 0.3) is 0 Å². The van der Waals surface area contributed by atoms with Crippen LogP contribution in [0.1, 0.15) is 19.8 Å². The van der Waals surface area contributed by atoms with E-state index in [1.54, 1.807) is 7.11 Å². The van der Waals surface area contributed by atoms with Crippen LogP contribution in [0.4, 0.5) is 0 Å². The average Bonchev–Trinajstić information content (AvgIpc) is 2.23. The van der Waals surface area contributed by atoms with Crippen molar-refractivity contribution in [3.8, 4) is 0 Å². The van der Waals surface area contributed by atoms with Crippen LogP contribution in [0, 0.1) is 0 Å². The minimum atomic E-state index is 0.0298. The fourth-order valence-corrected chi connectivity index (χ4v) is 1.50. The van der Waals surface area contributed by atoms with Crippen molar-refractivity contribution in [2.75, 3.05) is 47.4 Å². The number of rotatable bonds is 10. The van der Waals surface area contributed by atoms with E-state index in [4.69, 9.17) is 4.74 Å². The van der Waals surface area contributed by atoms with Crippen LogP contribution in [0.2, 0.25) is 0 Å². The SMILES string of the molecule is COCC(C)NC(=O)CNCCCCN(C)C. The smallest absolute Gasteiger partial charge is 0.234 e. The molecule has 0 spiro atoms. The summed E-state index contributed by atoms with van der Waals surface area (Å²) >= 11 is 0. The number of unbranched alkanes of at least 4 members (excludes halogenated alkanes) is 1. The van der Waals surface area contributed by atoms with Crippen molar-refractivity contribution in [2.24, 2.45) is 0 Å². The Bertz CT molecular complexity index is 198. The third-order valence-corrected chi connectivity index (χ3v) is 2.32. The minimum absolute atomic E-state index is 0.0298. The fraction of sp³-hybridized carbons (Fsp3) is 0.917. The van der Waals surface area contributed by atoms with Gasteiger partial charge in [-0.05, 0) is 47.0 Å². The zero-order chi connectivity index (χ0) is 13.1. The summed E-state index contributed by atoms with van der Waals surface area (Å²) in [5, 5.41) is 5.99. The van der Waals surface area contributed by atoms with E-state index in [-0.39, 0.29) is 11.9 Å². The standard InChI is InChI=1S/C12H27N3O2/c1-11(10-17-4)14-12(16)9-13-7-5-6-8-15(2)3/h11,13H,5-10H2,1-4H3,(H,14,16). The molecular weight excluding hydrogens is 218 g/mol. The van der Waals surface area contributed by atoms with Gasteiger partial charge in [-0.3, -0.25) is 4.79 Å². The van der Waals surface area contributed by atoms with Gasteiger partial charge in [0.2, 0.25) is 5.91 Å². The van der Waals surface area contributed by atoms with E-state index in [9.17, 15) is 4.79 Å². The highest BCUT2D eigenvalue weighted by Crippen LogP contribution is 1.88. The van der Waals surface area contributed by atoms with Gasteiger partial charge >= 0.3 is 0 Å². The Morgan fingerprint density at radius 3 is 2.65 bits per heavy atom. The summed E-state index contributed by atoms with van der Waals surface area (Å²) in [7, 11) is 5.77. The highest BCUT2D eigenvalue weighted by atomic mass is 16.5. The van der Waals surface area contributed by atoms with Crippen molar-refractivity contribution < 1.29 is 9.53 Å². The first kappa shape index (κ1) is 16.4. The van der Waals surface area contributed by atoms with Crippen LogP contribution >= 0.6 is 0 Å². The molecule has 0 aliphatic carbocycles. The quantitative estimate of drug-likeness (QED) is 0.535. The van der Waals surface area contributed by atoms with Gasteiger partial charge in [-0.25, -0.2) is 0 Å². The monoisotopic (exact) mass is 245 g/mol. The maximum Gasteiger partial charge on any atom is 0.234 e. The lowest BCUT2D eigenvalue weighted by Crippen LogP contribution is -2.41. The average molecular weight is 245 g/mol. The molecule has 1 unspecified atom stereocenters. The second kappa shape index (κ2) is 10.5. The third kappa shape index (κ3) is 11.6. The van der Waals surface area contributed by atoms with Crippen molar-refractivity contribution in [1.82, 2.24) is 15.5 Å². The predicted molar refractivity (Wildman–Crippen MR) is 70.1 cm³/mol. The summed E-state index contributed by atoms with van der Waals surface area (Å²) < 4.78 is 4.94. The molecule has 0 aromatic carbocycles. The summed E-state index contributed by atoms with van der Waals surface area (Å²) in [6, 6.07) is 0.0723. The van der Waals surface area contributed by atoms with Gasteiger partial charge in [0.15, 0.2) is 0 Å². The highest BCUT2D eigenvalue weighted by molar-refractivity contribution is 5.78. The molecule has 5 nitrogen and oxygen atoms in total. The first-order chi connectivity index (χ1) is 8.06. The number of hydrogen-bond donors (Lipinski definition) is 2. The lowest BCUT2D eigenvalue weighted by molar-refractivity contribution is -0.121. The van der Waals surface area contributed by atoms with E-state index in [2.05, 4.69) is 29.6 Å². The van der Waals surface area contributed by atoms with Gasteiger partial charge in [-0.1, -0.05) is 0 Å². The number of amides is 1. The van der Waals surface area contributed by atoms with Gasteiger partial charge in [-0.2, -0.15) is 0 Å². The number of ether oxygens (including phenoxy) is 1. The molecule has 1 amide bonds. The lowest BCUT2D eigenvalue weighted by Gasteiger charge is -2.13. The van der Waals surface area contributed by atoms with Crippen molar-refractivity contribution in [1.29, 1.82) is 0 Å². The van der Waals surface area contributed by atoms with E-state index >= 15 is 0 Å². The Kier molecular flexibility index (Phi) is 10.1. The second-order valence-electron chi connectivity index (χ2n) is 4.61. The topological polar surface area (TPSA) is 53.6 Å². The molecule has 1 atom stereocenters. The van der Waals surface area contributed by atoms with Crippen LogP contribution in [0.5, 0.6) is 0 Å². The van der Waals surface area contributed by atoms with Gasteiger partial charge in [0.1, 0.15) is 0 Å². The number of carbonyl (C=O) groups is 1. The lowest BCUT2D eigenvalue weighted by atomic mass is 10.3. The van der Waals surface area contributed by atoms with E-state index in [1.807, 2.05) is 6.92 Å². The zero-order valence-corrected chi connectivity index (χ0v) is 11.6. The molecule has 2 N–H and O–H groups in total. The Hall–Kier alpha value is -0.650. The van der Waals surface area contributed by atoms with Gasteiger partial charge in [0.25, 0.3) is 0 Å². The molecule has 17 heavy (non-hydrogen) atoms. The first-order valence-corrected chi connectivity index (χ1v) is 6.20. The number of nitrogens with zero attached hydrogens (tertiary/aromatic N) is 1. The van der Waals surface area contributed by atoms with E-state index in [0.29, 0.717) is 13.2 Å². The summed E-state index contributed by atoms with van der Waals surface area (Å²) in [6.45, 7) is 4.85. The van der Waals surface area contributed by atoms with Crippen LogP contribution in [0.15, 0.2) is 0 Å². The summed E-state index contributed by atoms with van der Waals surface area (Å²) in [5.41, 5.74) is 0. The Morgan fingerprint density at radius 1 is 1.35 bits per heavy atom. The normalized spacial score (nSPS) is 12.8. The molecule has 0 aliphatic rings. The number of carbonyl (C=O) groups excluding carboxylic acids is 1. The molecule has 0 saturated carbocycles. The van der Waals surface area contributed by atoms with Crippen molar-refractivity contribution in [2.45, 2.75) is 25.8 Å². The zero-order valence-electron chi connectivity index (χ0n) is 11.6. The van der Waals surface area contributed by atoms with Crippen LogP contribution < -0.4 is 10.6 Å². The predicted octanol–water partition coefficient (Wildman–Crippen LogP) is 0.0689. The third-order valence-electron chi connectivity index (χ3n) is 2.32. The van der Waals surface area contributed by atoms with Gasteiger partial charge in [0, 0.05) is 13.2 Å². The molecule has 0 aliphatic heterocycles. The van der Waals surface area contributed by atoms with Gasteiger partial charge < -0.3 is 20.3 Å². The molecule has 0 saturated heterocycles. The molecular formula is C12H27N3O2. The molecule has 0 fully saturated rings. The van der Waals surface area contributed by atoms with Crippen LogP contribution in [-0.2, 0) is 9.53 Å². The molecule has 5 heteroatoms. The highest BCUT2D eigenvalue weighted by Gasteiger charge is 2.05. The molecule has 0 rings (SSSR count). The Balaban J connectivity index is 3.33. The second-order valence-corrected chi connectivity index (χ2v) is 4.61. The molecule has 102 valence electrons. The summed E-state index contributed by atoms with van der Waals surface area (Å²) in [6.07, 6.45) is 2.25. The Labute approximate surface area is 105 Å². The summed E-state index contributed by atoms with van der Waals surface area (Å²) in [4.78, 5) is 13.6. The van der Waals surface area contributed by atoms with E-state index in [1.165, 1.54) is 0 Å². The van der Waals surface area contributed by atoms with Crippen molar-refractivity contribution in [3.63, 3.8) is 0 Å². The van der Waals surface area contributed by atoms with Crippen LogP contribution in [0.3, 0.4) is 0 Å². The largest absolute Gasteiger partial charge is 0.383 e. The van der Waals surface area contributed by atoms with Crippen LogP contribution in [-0.4, -0.2) is 64.3 Å². The molecule has 0 radical (unpaired) electrons. The summed E-state index contributed by atoms with van der Waals surface area (Å²) in [5.74, 6) is 0.0298. The minimum Gasteiger partial charge on any atom is -0.383 e. The maximum absolute atomic E-state index is 11.4. The van der Waals surface area contributed by atoms with Crippen molar-refractivity contribution in [3.05, 3.63) is 0 Å². The molecule has 0 heterocycles. The number of hydrogen-bond acceptors (Lipinski definition) is 4. The van der Waals surface area contributed by atoms with Gasteiger partial charge in [-0.15, -0.1) is 0 Å². The van der Waals surface area contributed by atoms with E-state index < -0.39 is 0 Å². The Morgan fingerprint density at radius 2 is 2.06 bits per heavy atom. The maximum atomic E-state index is 11.4. The fourth-order valence-electron chi connectivity index (χ4n) is 1.50. The molecule has 0 aromatic heterocycles. The molecule has 0 aromatic rings. The molecule has 0 bridgehead atoms. The first-order valence-electron chi connectivity index (χ1n) is 6.20. The number of nitrogens with one attached hydrogen (secondary N) is 2. The number of methoxy groups -OCH3 is 1. The van der Waals surface area contributed by atoms with Crippen molar-refractivity contribution >= 4 is 5.91 Å². The van der Waals surface area contributed by atoms with E-state index in [0.717, 1.165) is 25.9 Å².